The SMILES string of the molecule is CNCCCCCc1ccc(-c2ccc(CCC(=O)O)cc2)cc1. The molecule has 0 spiro atoms. The van der Waals surface area contributed by atoms with Gasteiger partial charge in [0, 0.05) is 6.42 Å². The molecule has 3 nitrogen and oxygen atoms in total. The number of unbranched alkanes of at least 4 members (excludes halogenated alkanes) is 2. The first-order valence-corrected chi connectivity index (χ1v) is 8.73. The van der Waals surface area contributed by atoms with Crippen molar-refractivity contribution in [2.75, 3.05) is 13.6 Å². The maximum atomic E-state index is 10.6. The number of aliphatic carboxylic acids is 1. The Labute approximate surface area is 144 Å². The summed E-state index contributed by atoms with van der Waals surface area (Å²) in [5, 5.41) is 11.9. The Morgan fingerprint density at radius 1 is 0.833 bits per heavy atom. The van der Waals surface area contributed by atoms with Gasteiger partial charge in [-0.3, -0.25) is 4.79 Å². The summed E-state index contributed by atoms with van der Waals surface area (Å²) in [5.41, 5.74) is 4.84. The molecule has 0 saturated heterocycles. The Hall–Kier alpha value is -2.13. The van der Waals surface area contributed by atoms with Crippen molar-refractivity contribution >= 4 is 5.97 Å². The van der Waals surface area contributed by atoms with Gasteiger partial charge in [0.05, 0.1) is 0 Å². The van der Waals surface area contributed by atoms with Crippen molar-refractivity contribution in [2.24, 2.45) is 0 Å². The maximum Gasteiger partial charge on any atom is 0.303 e. The largest absolute Gasteiger partial charge is 0.481 e. The topological polar surface area (TPSA) is 49.3 Å². The van der Waals surface area contributed by atoms with Gasteiger partial charge in [0.15, 0.2) is 0 Å². The predicted octanol–water partition coefficient (Wildman–Crippen LogP) is 4.30. The van der Waals surface area contributed by atoms with Gasteiger partial charge in [-0.05, 0) is 61.5 Å². The van der Waals surface area contributed by atoms with E-state index in [1.807, 2.05) is 19.2 Å². The van der Waals surface area contributed by atoms with Gasteiger partial charge in [0.25, 0.3) is 0 Å². The first-order valence-electron chi connectivity index (χ1n) is 8.73. The molecule has 0 unspecified atom stereocenters. The molecule has 2 aromatic rings. The third kappa shape index (κ3) is 6.17. The zero-order valence-electron chi connectivity index (χ0n) is 14.4. The van der Waals surface area contributed by atoms with Crippen molar-refractivity contribution < 1.29 is 9.90 Å². The average molecular weight is 325 g/mol. The quantitative estimate of drug-likeness (QED) is 0.640. The lowest BCUT2D eigenvalue weighted by Gasteiger charge is -2.06. The van der Waals surface area contributed by atoms with E-state index in [1.165, 1.54) is 36.0 Å². The van der Waals surface area contributed by atoms with Gasteiger partial charge in [0.1, 0.15) is 0 Å². The van der Waals surface area contributed by atoms with Crippen LogP contribution in [-0.4, -0.2) is 24.7 Å². The molecule has 24 heavy (non-hydrogen) atoms. The molecule has 0 aliphatic carbocycles. The highest BCUT2D eigenvalue weighted by Crippen LogP contribution is 2.21. The van der Waals surface area contributed by atoms with Crippen LogP contribution in [-0.2, 0) is 17.6 Å². The third-order valence-corrected chi connectivity index (χ3v) is 4.26. The average Bonchev–Trinajstić information content (AvgIpc) is 2.61. The van der Waals surface area contributed by atoms with Gasteiger partial charge in [0.2, 0.25) is 0 Å². The minimum absolute atomic E-state index is 0.183. The molecule has 0 aromatic heterocycles. The number of carboxylic acid groups (broad SMARTS) is 1. The lowest BCUT2D eigenvalue weighted by atomic mass is 9.99. The summed E-state index contributed by atoms with van der Waals surface area (Å²) < 4.78 is 0. The van der Waals surface area contributed by atoms with Gasteiger partial charge in [-0.25, -0.2) is 0 Å². The van der Waals surface area contributed by atoms with E-state index in [9.17, 15) is 4.79 Å². The van der Waals surface area contributed by atoms with Gasteiger partial charge in [-0.2, -0.15) is 0 Å². The number of aryl methyl sites for hydroxylation is 2. The maximum absolute atomic E-state index is 10.6. The number of hydrogen-bond donors (Lipinski definition) is 2. The molecule has 0 bridgehead atoms. The van der Waals surface area contributed by atoms with E-state index in [4.69, 9.17) is 5.11 Å². The molecule has 0 amide bonds. The number of rotatable bonds is 10. The van der Waals surface area contributed by atoms with E-state index in [0.717, 1.165) is 18.5 Å². The van der Waals surface area contributed by atoms with Crippen molar-refractivity contribution in [3.05, 3.63) is 59.7 Å². The first-order chi connectivity index (χ1) is 11.7. The number of benzene rings is 2. The Kier molecular flexibility index (Phi) is 7.50. The Morgan fingerprint density at radius 2 is 1.38 bits per heavy atom. The summed E-state index contributed by atoms with van der Waals surface area (Å²) in [6, 6.07) is 17.0. The molecular weight excluding hydrogens is 298 g/mol. The highest BCUT2D eigenvalue weighted by atomic mass is 16.4. The van der Waals surface area contributed by atoms with Crippen molar-refractivity contribution in [3.63, 3.8) is 0 Å². The molecule has 0 aliphatic heterocycles. The van der Waals surface area contributed by atoms with Gasteiger partial charge in [-0.1, -0.05) is 55.0 Å². The summed E-state index contributed by atoms with van der Waals surface area (Å²) in [5.74, 6) is -0.749. The summed E-state index contributed by atoms with van der Waals surface area (Å²) in [6.07, 6.45) is 5.64. The van der Waals surface area contributed by atoms with Crippen LogP contribution in [0.5, 0.6) is 0 Å². The molecular formula is C21H27NO2. The molecule has 0 atom stereocenters. The Morgan fingerprint density at radius 3 is 1.88 bits per heavy atom. The lowest BCUT2D eigenvalue weighted by Crippen LogP contribution is -2.07. The summed E-state index contributed by atoms with van der Waals surface area (Å²) in [6.45, 7) is 1.10. The first kappa shape index (κ1) is 18.2. The van der Waals surface area contributed by atoms with Crippen LogP contribution in [0.25, 0.3) is 11.1 Å². The van der Waals surface area contributed by atoms with Crippen LogP contribution in [0.2, 0.25) is 0 Å². The molecule has 2 aromatic carbocycles. The molecule has 0 radical (unpaired) electrons. The number of hydrogen-bond acceptors (Lipinski definition) is 2. The number of carboxylic acids is 1. The van der Waals surface area contributed by atoms with E-state index in [0.29, 0.717) is 6.42 Å². The minimum Gasteiger partial charge on any atom is -0.481 e. The third-order valence-electron chi connectivity index (χ3n) is 4.26. The highest BCUT2D eigenvalue weighted by Gasteiger charge is 2.02. The van der Waals surface area contributed by atoms with Gasteiger partial charge in [-0.15, -0.1) is 0 Å². The van der Waals surface area contributed by atoms with Crippen molar-refractivity contribution in [1.82, 2.24) is 5.32 Å². The fourth-order valence-corrected chi connectivity index (χ4v) is 2.79. The second-order valence-corrected chi connectivity index (χ2v) is 6.20. The van der Waals surface area contributed by atoms with Crippen LogP contribution < -0.4 is 5.32 Å². The molecule has 0 heterocycles. The van der Waals surface area contributed by atoms with Gasteiger partial charge >= 0.3 is 5.97 Å². The van der Waals surface area contributed by atoms with Crippen LogP contribution in [0.15, 0.2) is 48.5 Å². The van der Waals surface area contributed by atoms with Crippen LogP contribution in [0.1, 0.15) is 36.8 Å². The number of nitrogens with one attached hydrogen (secondary N) is 1. The van der Waals surface area contributed by atoms with E-state index in [-0.39, 0.29) is 6.42 Å². The van der Waals surface area contributed by atoms with E-state index < -0.39 is 5.97 Å². The zero-order valence-corrected chi connectivity index (χ0v) is 14.4. The van der Waals surface area contributed by atoms with Crippen LogP contribution in [0, 0.1) is 0 Å². The zero-order chi connectivity index (χ0) is 17.2. The second-order valence-electron chi connectivity index (χ2n) is 6.20. The van der Waals surface area contributed by atoms with Gasteiger partial charge < -0.3 is 10.4 Å². The van der Waals surface area contributed by atoms with Crippen molar-refractivity contribution in [3.8, 4) is 11.1 Å². The second kappa shape index (κ2) is 9.89. The van der Waals surface area contributed by atoms with Crippen LogP contribution in [0.4, 0.5) is 0 Å². The normalized spacial score (nSPS) is 10.7. The monoisotopic (exact) mass is 325 g/mol. The summed E-state index contributed by atoms with van der Waals surface area (Å²) in [7, 11) is 2.00. The summed E-state index contributed by atoms with van der Waals surface area (Å²) in [4.78, 5) is 10.6. The summed E-state index contributed by atoms with van der Waals surface area (Å²) >= 11 is 0. The minimum atomic E-state index is -0.749. The Bertz CT molecular complexity index is 617. The molecule has 0 saturated carbocycles. The molecule has 128 valence electrons. The van der Waals surface area contributed by atoms with Crippen LogP contribution >= 0.6 is 0 Å². The van der Waals surface area contributed by atoms with E-state index >= 15 is 0 Å². The highest BCUT2D eigenvalue weighted by molar-refractivity contribution is 5.67. The van der Waals surface area contributed by atoms with Crippen molar-refractivity contribution in [1.29, 1.82) is 0 Å². The predicted molar refractivity (Wildman–Crippen MR) is 99.3 cm³/mol. The number of carbonyl (C=O) groups is 1. The molecule has 0 aliphatic rings. The van der Waals surface area contributed by atoms with E-state index in [2.05, 4.69) is 41.7 Å². The standard InChI is InChI=1S/C21H27NO2/c1-22-16-4-2-3-5-17-6-11-19(12-7-17)20-13-8-18(9-14-20)10-15-21(23)24/h6-9,11-14,22H,2-5,10,15-16H2,1H3,(H,23,24). The molecule has 2 rings (SSSR count). The lowest BCUT2D eigenvalue weighted by molar-refractivity contribution is -0.136. The fraction of sp³-hybridized carbons (Fsp3) is 0.381. The molecule has 2 N–H and O–H groups in total. The smallest absolute Gasteiger partial charge is 0.303 e. The van der Waals surface area contributed by atoms with E-state index in [1.54, 1.807) is 0 Å². The molecule has 3 heteroatoms. The van der Waals surface area contributed by atoms with Crippen LogP contribution in [0.3, 0.4) is 0 Å². The molecule has 0 fully saturated rings. The fourth-order valence-electron chi connectivity index (χ4n) is 2.79. The van der Waals surface area contributed by atoms with Crippen molar-refractivity contribution in [2.45, 2.75) is 38.5 Å². The Balaban J connectivity index is 1.87.